The van der Waals surface area contributed by atoms with Gasteiger partial charge in [-0.1, -0.05) is 23.3 Å². The van der Waals surface area contributed by atoms with E-state index in [0.29, 0.717) is 23.3 Å². The van der Waals surface area contributed by atoms with Crippen molar-refractivity contribution in [2.45, 2.75) is 33.6 Å². The second-order valence-corrected chi connectivity index (χ2v) is 7.89. The molecule has 0 amide bonds. The highest BCUT2D eigenvalue weighted by atomic mass is 16.5. The molecular formula is C25H28O7. The summed E-state index contributed by atoms with van der Waals surface area (Å²) < 4.78 is 16.7. The number of methoxy groups -OCH3 is 2. The fraction of sp³-hybridized carbons (Fsp3) is 0.320. The zero-order valence-corrected chi connectivity index (χ0v) is 18.9. The number of fused-ring (bicyclic) bond motifs is 2. The quantitative estimate of drug-likeness (QED) is 0.370. The van der Waals surface area contributed by atoms with Gasteiger partial charge in [0.15, 0.2) is 11.5 Å². The Balaban J connectivity index is 2.43. The first-order valence-corrected chi connectivity index (χ1v) is 10.2. The Morgan fingerprint density at radius 2 is 1.62 bits per heavy atom. The number of rotatable bonds is 7. The van der Waals surface area contributed by atoms with Crippen molar-refractivity contribution in [2.75, 3.05) is 20.8 Å². The van der Waals surface area contributed by atoms with Gasteiger partial charge >= 0.3 is 0 Å². The monoisotopic (exact) mass is 440 g/mol. The lowest BCUT2D eigenvalue weighted by atomic mass is 9.98. The molecule has 0 atom stereocenters. The zero-order valence-electron chi connectivity index (χ0n) is 18.9. The minimum absolute atomic E-state index is 0.0227. The van der Waals surface area contributed by atoms with Crippen LogP contribution in [0.5, 0.6) is 23.0 Å². The molecule has 32 heavy (non-hydrogen) atoms. The molecule has 7 heteroatoms. The molecular weight excluding hydrogens is 412 g/mol. The molecule has 1 aromatic heterocycles. The van der Waals surface area contributed by atoms with Gasteiger partial charge in [0.1, 0.15) is 28.1 Å². The molecule has 0 aliphatic rings. The third-order valence-corrected chi connectivity index (χ3v) is 5.37. The van der Waals surface area contributed by atoms with Crippen LogP contribution in [0.2, 0.25) is 0 Å². The molecule has 3 rings (SSSR count). The number of ether oxygens (including phenoxy) is 2. The molecule has 2 aromatic carbocycles. The Hall–Kier alpha value is -3.45. The topological polar surface area (TPSA) is 109 Å². The highest BCUT2D eigenvalue weighted by molar-refractivity contribution is 5.97. The van der Waals surface area contributed by atoms with E-state index in [1.807, 2.05) is 19.9 Å². The molecule has 3 aromatic rings. The van der Waals surface area contributed by atoms with Crippen LogP contribution in [0.25, 0.3) is 21.9 Å². The number of aromatic hydroxyl groups is 2. The molecule has 0 aliphatic heterocycles. The number of hydrogen-bond donors (Lipinski definition) is 3. The average Bonchev–Trinajstić information content (AvgIpc) is 2.75. The standard InChI is InChI=1S/C25H28O7/c1-13(2)6-8-16-21-19(10-17(27)25(16)31-5)32-20-11-18(30-4)15(9-7-14(3)12-26)23(28)22(20)24(21)29/h6-7,10-11,26-28H,8-9,12H2,1-5H3/b14-7+. The summed E-state index contributed by atoms with van der Waals surface area (Å²) >= 11 is 0. The second-order valence-electron chi connectivity index (χ2n) is 7.89. The van der Waals surface area contributed by atoms with Crippen LogP contribution in [0.1, 0.15) is 31.9 Å². The number of allylic oxidation sites excluding steroid dienone is 3. The Bertz CT molecular complexity index is 1290. The second kappa shape index (κ2) is 9.36. The van der Waals surface area contributed by atoms with Gasteiger partial charge in [0.05, 0.1) is 26.2 Å². The van der Waals surface area contributed by atoms with Crippen molar-refractivity contribution in [1.82, 2.24) is 0 Å². The van der Waals surface area contributed by atoms with Gasteiger partial charge in [0, 0.05) is 23.3 Å². The maximum absolute atomic E-state index is 13.6. The highest BCUT2D eigenvalue weighted by Crippen LogP contribution is 2.41. The van der Waals surface area contributed by atoms with Crippen LogP contribution in [0, 0.1) is 0 Å². The van der Waals surface area contributed by atoms with Gasteiger partial charge in [-0.15, -0.1) is 0 Å². The van der Waals surface area contributed by atoms with Gasteiger partial charge in [-0.2, -0.15) is 0 Å². The lowest BCUT2D eigenvalue weighted by Crippen LogP contribution is -2.08. The van der Waals surface area contributed by atoms with E-state index in [1.54, 1.807) is 19.1 Å². The van der Waals surface area contributed by atoms with Crippen molar-refractivity contribution in [1.29, 1.82) is 0 Å². The molecule has 0 saturated heterocycles. The van der Waals surface area contributed by atoms with Gasteiger partial charge in [0.2, 0.25) is 5.43 Å². The third kappa shape index (κ3) is 4.16. The first-order valence-electron chi connectivity index (χ1n) is 10.2. The summed E-state index contributed by atoms with van der Waals surface area (Å²) in [5.41, 5.74) is 2.55. The zero-order chi connectivity index (χ0) is 23.6. The minimum Gasteiger partial charge on any atom is -0.507 e. The SMILES string of the molecule is COc1cc2oc3cc(O)c(OC)c(CC=C(C)C)c3c(=O)c2c(O)c1C/C=C(\C)CO. The van der Waals surface area contributed by atoms with Gasteiger partial charge in [-0.25, -0.2) is 0 Å². The lowest BCUT2D eigenvalue weighted by Gasteiger charge is -2.15. The van der Waals surface area contributed by atoms with E-state index in [2.05, 4.69) is 0 Å². The molecule has 0 fully saturated rings. The maximum atomic E-state index is 13.6. The average molecular weight is 440 g/mol. The number of aliphatic hydroxyl groups is 1. The molecule has 0 saturated carbocycles. The van der Waals surface area contributed by atoms with E-state index in [0.717, 1.165) is 11.1 Å². The fourth-order valence-corrected chi connectivity index (χ4v) is 3.66. The van der Waals surface area contributed by atoms with Gasteiger partial charge in [0.25, 0.3) is 0 Å². The summed E-state index contributed by atoms with van der Waals surface area (Å²) in [7, 11) is 2.88. The number of benzene rings is 2. The normalized spacial score (nSPS) is 11.8. The van der Waals surface area contributed by atoms with Crippen molar-refractivity contribution < 1.29 is 29.2 Å². The summed E-state index contributed by atoms with van der Waals surface area (Å²) in [5.74, 6) is 0.160. The van der Waals surface area contributed by atoms with E-state index in [4.69, 9.17) is 13.9 Å². The Kier molecular flexibility index (Phi) is 6.79. The number of phenols is 2. The van der Waals surface area contributed by atoms with Crippen LogP contribution in [0.15, 0.2) is 44.6 Å². The van der Waals surface area contributed by atoms with Crippen molar-refractivity contribution in [2.24, 2.45) is 0 Å². The summed E-state index contributed by atoms with van der Waals surface area (Å²) in [4.78, 5) is 13.6. The molecule has 0 bridgehead atoms. The van der Waals surface area contributed by atoms with Crippen molar-refractivity contribution >= 4 is 21.9 Å². The Labute approximate surface area is 185 Å². The number of phenolic OH excluding ortho intramolecular Hbond substituents is 2. The molecule has 0 radical (unpaired) electrons. The van der Waals surface area contributed by atoms with Crippen LogP contribution in [0.3, 0.4) is 0 Å². The predicted molar refractivity (Wildman–Crippen MR) is 124 cm³/mol. The molecule has 0 spiro atoms. The van der Waals surface area contributed by atoms with E-state index in [-0.39, 0.29) is 52.2 Å². The van der Waals surface area contributed by atoms with Crippen molar-refractivity contribution in [3.63, 3.8) is 0 Å². The van der Waals surface area contributed by atoms with Crippen LogP contribution in [0.4, 0.5) is 0 Å². The van der Waals surface area contributed by atoms with E-state index in [9.17, 15) is 20.1 Å². The first kappa shape index (κ1) is 23.2. The molecule has 7 nitrogen and oxygen atoms in total. The summed E-state index contributed by atoms with van der Waals surface area (Å²) in [6.45, 7) is 5.52. The predicted octanol–water partition coefficient (Wildman–Crippen LogP) is 4.36. The Morgan fingerprint density at radius 1 is 0.969 bits per heavy atom. The molecule has 0 unspecified atom stereocenters. The van der Waals surface area contributed by atoms with E-state index in [1.165, 1.54) is 20.3 Å². The molecule has 0 aliphatic carbocycles. The molecule has 1 heterocycles. The largest absolute Gasteiger partial charge is 0.507 e. The van der Waals surface area contributed by atoms with Crippen LogP contribution < -0.4 is 14.9 Å². The van der Waals surface area contributed by atoms with Crippen molar-refractivity contribution in [3.8, 4) is 23.0 Å². The molecule has 3 N–H and O–H groups in total. The summed E-state index contributed by atoms with van der Waals surface area (Å²) in [6.07, 6.45) is 4.28. The summed E-state index contributed by atoms with van der Waals surface area (Å²) in [5, 5.41) is 31.0. The van der Waals surface area contributed by atoms with Crippen LogP contribution >= 0.6 is 0 Å². The first-order chi connectivity index (χ1) is 15.2. The van der Waals surface area contributed by atoms with E-state index < -0.39 is 5.43 Å². The minimum atomic E-state index is -0.430. The smallest absolute Gasteiger partial charge is 0.204 e. The maximum Gasteiger partial charge on any atom is 0.204 e. The van der Waals surface area contributed by atoms with Crippen molar-refractivity contribution in [3.05, 3.63) is 56.8 Å². The van der Waals surface area contributed by atoms with Gasteiger partial charge in [-0.3, -0.25) is 4.79 Å². The molecule has 170 valence electrons. The summed E-state index contributed by atoms with van der Waals surface area (Å²) in [6, 6.07) is 2.89. The van der Waals surface area contributed by atoms with Gasteiger partial charge in [-0.05, 0) is 33.6 Å². The van der Waals surface area contributed by atoms with E-state index >= 15 is 0 Å². The van der Waals surface area contributed by atoms with Gasteiger partial charge < -0.3 is 29.2 Å². The fourth-order valence-electron chi connectivity index (χ4n) is 3.66. The highest BCUT2D eigenvalue weighted by Gasteiger charge is 2.23. The third-order valence-electron chi connectivity index (χ3n) is 5.37. The Morgan fingerprint density at radius 3 is 2.22 bits per heavy atom. The van der Waals surface area contributed by atoms with Crippen LogP contribution in [-0.2, 0) is 12.8 Å². The van der Waals surface area contributed by atoms with Crippen LogP contribution in [-0.4, -0.2) is 36.1 Å². The number of aliphatic hydroxyl groups excluding tert-OH is 1. The lowest BCUT2D eigenvalue weighted by molar-refractivity contribution is 0.331. The number of hydrogen-bond acceptors (Lipinski definition) is 7.